The zero-order valence-corrected chi connectivity index (χ0v) is 12.5. The second-order valence-electron chi connectivity index (χ2n) is 3.95. The van der Waals surface area contributed by atoms with Crippen molar-refractivity contribution in [2.45, 2.75) is 0 Å². The average Bonchev–Trinajstić information content (AvgIpc) is 2.77. The van der Waals surface area contributed by atoms with E-state index in [0.717, 1.165) is 15.2 Å². The Bertz CT molecular complexity index is 783. The van der Waals surface area contributed by atoms with Crippen molar-refractivity contribution in [3.05, 3.63) is 45.4 Å². The van der Waals surface area contributed by atoms with Gasteiger partial charge in [0.2, 0.25) is 0 Å². The Morgan fingerprint density at radius 1 is 1.00 bits per heavy atom. The third-order valence-electron chi connectivity index (χ3n) is 2.71. The lowest BCUT2D eigenvalue weighted by atomic mass is 10.2. The summed E-state index contributed by atoms with van der Waals surface area (Å²) in [6.45, 7) is 0. The van der Waals surface area contributed by atoms with Gasteiger partial charge in [-0.15, -0.1) is 11.3 Å². The van der Waals surface area contributed by atoms with Crippen molar-refractivity contribution in [3.8, 4) is 10.6 Å². The molecule has 1 aromatic heterocycles. The second kappa shape index (κ2) is 4.84. The van der Waals surface area contributed by atoms with Crippen molar-refractivity contribution in [2.24, 2.45) is 0 Å². The summed E-state index contributed by atoms with van der Waals surface area (Å²) in [5.74, 6) is 0. The van der Waals surface area contributed by atoms with Gasteiger partial charge in [0.15, 0.2) is 0 Å². The molecular formula is C13H7Cl3N2S. The van der Waals surface area contributed by atoms with E-state index < -0.39 is 0 Å². The number of benzene rings is 2. The average molecular weight is 330 g/mol. The van der Waals surface area contributed by atoms with Gasteiger partial charge in [-0.3, -0.25) is 0 Å². The van der Waals surface area contributed by atoms with E-state index in [0.29, 0.717) is 26.3 Å². The van der Waals surface area contributed by atoms with Gasteiger partial charge in [-0.2, -0.15) is 0 Å². The standard InChI is InChI=1S/C13H7Cl3N2S/c14-6-1-4-9-10(5-6)19-13(18-9)11-7(15)2-3-8(16)12(11)17/h1-5H,17H2. The maximum atomic E-state index is 6.20. The summed E-state index contributed by atoms with van der Waals surface area (Å²) in [6.07, 6.45) is 0. The van der Waals surface area contributed by atoms with Crippen LogP contribution in [0.3, 0.4) is 0 Å². The number of hydrogen-bond donors (Lipinski definition) is 1. The number of nitrogens with two attached hydrogens (primary N) is 1. The minimum absolute atomic E-state index is 0.444. The Hall–Kier alpha value is -1.000. The lowest BCUT2D eigenvalue weighted by molar-refractivity contribution is 1.48. The minimum Gasteiger partial charge on any atom is -0.397 e. The van der Waals surface area contributed by atoms with Gasteiger partial charge in [0.1, 0.15) is 5.01 Å². The molecule has 0 saturated heterocycles. The van der Waals surface area contributed by atoms with Gasteiger partial charge >= 0.3 is 0 Å². The van der Waals surface area contributed by atoms with Crippen LogP contribution in [-0.2, 0) is 0 Å². The SMILES string of the molecule is Nc1c(Cl)ccc(Cl)c1-c1nc2ccc(Cl)cc2s1. The van der Waals surface area contributed by atoms with Gasteiger partial charge in [-0.1, -0.05) is 34.8 Å². The van der Waals surface area contributed by atoms with Crippen LogP contribution < -0.4 is 5.73 Å². The van der Waals surface area contributed by atoms with Crippen molar-refractivity contribution in [1.29, 1.82) is 0 Å². The maximum absolute atomic E-state index is 6.20. The number of hydrogen-bond acceptors (Lipinski definition) is 3. The fraction of sp³-hybridized carbons (Fsp3) is 0. The zero-order valence-electron chi connectivity index (χ0n) is 9.45. The Morgan fingerprint density at radius 3 is 2.53 bits per heavy atom. The van der Waals surface area contributed by atoms with E-state index in [9.17, 15) is 0 Å². The fourth-order valence-electron chi connectivity index (χ4n) is 1.79. The van der Waals surface area contributed by atoms with Crippen LogP contribution in [-0.4, -0.2) is 4.98 Å². The quantitative estimate of drug-likeness (QED) is 0.598. The molecule has 3 rings (SSSR count). The summed E-state index contributed by atoms with van der Waals surface area (Å²) in [6, 6.07) is 8.93. The predicted molar refractivity (Wildman–Crippen MR) is 84.5 cm³/mol. The highest BCUT2D eigenvalue weighted by Gasteiger charge is 2.15. The highest BCUT2D eigenvalue weighted by Crippen LogP contribution is 2.41. The van der Waals surface area contributed by atoms with Gasteiger partial charge in [0.05, 0.1) is 31.5 Å². The third-order valence-corrected chi connectivity index (χ3v) is 4.62. The molecule has 1 heterocycles. The van der Waals surface area contributed by atoms with E-state index in [1.54, 1.807) is 18.2 Å². The van der Waals surface area contributed by atoms with Crippen LogP contribution in [0.25, 0.3) is 20.8 Å². The molecule has 19 heavy (non-hydrogen) atoms. The summed E-state index contributed by atoms with van der Waals surface area (Å²) in [7, 11) is 0. The smallest absolute Gasteiger partial charge is 0.128 e. The number of aromatic nitrogens is 1. The molecule has 0 saturated carbocycles. The summed E-state index contributed by atoms with van der Waals surface area (Å²) in [5.41, 5.74) is 7.97. The Morgan fingerprint density at radius 2 is 1.74 bits per heavy atom. The number of rotatable bonds is 1. The molecule has 0 amide bonds. The monoisotopic (exact) mass is 328 g/mol. The summed E-state index contributed by atoms with van der Waals surface area (Å²) < 4.78 is 0.984. The van der Waals surface area contributed by atoms with Gasteiger partial charge < -0.3 is 5.73 Å². The minimum atomic E-state index is 0.444. The molecule has 0 aliphatic heterocycles. The highest BCUT2D eigenvalue weighted by molar-refractivity contribution is 7.21. The Labute approximate surface area is 128 Å². The molecule has 96 valence electrons. The van der Waals surface area contributed by atoms with E-state index in [2.05, 4.69) is 4.98 Å². The molecule has 6 heteroatoms. The van der Waals surface area contributed by atoms with Gasteiger partial charge in [-0.25, -0.2) is 4.98 Å². The first kappa shape index (κ1) is 13.0. The molecule has 0 aliphatic carbocycles. The molecule has 3 aromatic rings. The first-order chi connectivity index (χ1) is 9.06. The highest BCUT2D eigenvalue weighted by atomic mass is 35.5. The molecule has 2 nitrogen and oxygen atoms in total. The normalized spacial score (nSPS) is 11.1. The van der Waals surface area contributed by atoms with Crippen LogP contribution in [0.1, 0.15) is 0 Å². The molecular weight excluding hydrogens is 323 g/mol. The van der Waals surface area contributed by atoms with Gasteiger partial charge in [0.25, 0.3) is 0 Å². The summed E-state index contributed by atoms with van der Waals surface area (Å²) in [5, 5.41) is 2.42. The van der Waals surface area contributed by atoms with Gasteiger partial charge in [0, 0.05) is 5.02 Å². The fourth-order valence-corrected chi connectivity index (χ4v) is 3.57. The molecule has 0 bridgehead atoms. The van der Waals surface area contributed by atoms with E-state index in [1.165, 1.54) is 11.3 Å². The predicted octanol–water partition coefficient (Wildman–Crippen LogP) is 5.51. The van der Waals surface area contributed by atoms with Crippen LogP contribution in [0.2, 0.25) is 15.1 Å². The van der Waals surface area contributed by atoms with Crippen molar-refractivity contribution in [2.75, 3.05) is 5.73 Å². The lowest BCUT2D eigenvalue weighted by Gasteiger charge is -2.06. The molecule has 0 aliphatic rings. The topological polar surface area (TPSA) is 38.9 Å². The van der Waals surface area contributed by atoms with E-state index >= 15 is 0 Å². The molecule has 0 atom stereocenters. The van der Waals surface area contributed by atoms with Crippen LogP contribution in [0.4, 0.5) is 5.69 Å². The van der Waals surface area contributed by atoms with Gasteiger partial charge in [-0.05, 0) is 30.3 Å². The Kier molecular flexibility index (Phi) is 3.31. The lowest BCUT2D eigenvalue weighted by Crippen LogP contribution is -1.91. The molecule has 2 N–H and O–H groups in total. The molecule has 0 unspecified atom stereocenters. The maximum Gasteiger partial charge on any atom is 0.128 e. The van der Waals surface area contributed by atoms with Crippen molar-refractivity contribution >= 4 is 62.0 Å². The second-order valence-corrected chi connectivity index (χ2v) is 6.23. The molecule has 2 aromatic carbocycles. The van der Waals surface area contributed by atoms with Crippen molar-refractivity contribution in [1.82, 2.24) is 4.98 Å². The Balaban J connectivity index is 2.27. The zero-order chi connectivity index (χ0) is 13.6. The van der Waals surface area contributed by atoms with E-state index in [1.807, 2.05) is 12.1 Å². The summed E-state index contributed by atoms with van der Waals surface area (Å²) in [4.78, 5) is 4.52. The first-order valence-electron chi connectivity index (χ1n) is 5.36. The third kappa shape index (κ3) is 2.28. The molecule has 0 fully saturated rings. The number of anilines is 1. The largest absolute Gasteiger partial charge is 0.397 e. The number of nitrogen functional groups attached to an aromatic ring is 1. The number of fused-ring (bicyclic) bond motifs is 1. The van der Waals surface area contributed by atoms with Crippen LogP contribution >= 0.6 is 46.1 Å². The first-order valence-corrected chi connectivity index (χ1v) is 7.31. The summed E-state index contributed by atoms with van der Waals surface area (Å²) >= 11 is 19.7. The number of thiazole rings is 1. The number of halogens is 3. The van der Waals surface area contributed by atoms with Crippen LogP contribution in [0.5, 0.6) is 0 Å². The van der Waals surface area contributed by atoms with Crippen molar-refractivity contribution < 1.29 is 0 Å². The van der Waals surface area contributed by atoms with E-state index in [-0.39, 0.29) is 0 Å². The molecule has 0 spiro atoms. The van der Waals surface area contributed by atoms with Crippen LogP contribution in [0, 0.1) is 0 Å². The molecule has 0 radical (unpaired) electrons. The van der Waals surface area contributed by atoms with Crippen molar-refractivity contribution in [3.63, 3.8) is 0 Å². The van der Waals surface area contributed by atoms with Crippen LogP contribution in [0.15, 0.2) is 30.3 Å². The van der Waals surface area contributed by atoms with E-state index in [4.69, 9.17) is 40.5 Å². The number of nitrogens with zero attached hydrogens (tertiary/aromatic N) is 1.